The van der Waals surface area contributed by atoms with Gasteiger partial charge in [0.25, 0.3) is 0 Å². The molecule has 0 radical (unpaired) electrons. The highest BCUT2D eigenvalue weighted by Gasteiger charge is 2.35. The van der Waals surface area contributed by atoms with Crippen LogP contribution in [0.3, 0.4) is 0 Å². The van der Waals surface area contributed by atoms with Crippen LogP contribution in [0, 0.1) is 18.7 Å². The van der Waals surface area contributed by atoms with Crippen LogP contribution >= 0.6 is 0 Å². The number of ether oxygens (including phenoxy) is 1. The van der Waals surface area contributed by atoms with Crippen molar-refractivity contribution in [2.24, 2.45) is 5.92 Å². The predicted octanol–water partition coefficient (Wildman–Crippen LogP) is 3.52. The number of hydrogen-bond donors (Lipinski definition) is 1. The fourth-order valence-corrected chi connectivity index (χ4v) is 2.94. The van der Waals surface area contributed by atoms with E-state index in [1.807, 2.05) is 6.92 Å². The zero-order chi connectivity index (χ0) is 18.7. The molecule has 1 unspecified atom stereocenters. The molecule has 1 N–H and O–H groups in total. The lowest BCUT2D eigenvalue weighted by atomic mass is 10.1. The first kappa shape index (κ1) is 17.9. The largest absolute Gasteiger partial charge is 0.494 e. The zero-order valence-corrected chi connectivity index (χ0v) is 14.8. The summed E-state index contributed by atoms with van der Waals surface area (Å²) in [6.07, 6.45) is 0.132. The van der Waals surface area contributed by atoms with Crippen LogP contribution in [-0.4, -0.2) is 25.0 Å². The molecule has 0 aliphatic carbocycles. The summed E-state index contributed by atoms with van der Waals surface area (Å²) in [5.74, 6) is -0.502. The number of halogens is 1. The van der Waals surface area contributed by atoms with Crippen LogP contribution in [0.4, 0.5) is 15.8 Å². The first-order valence-electron chi connectivity index (χ1n) is 8.58. The summed E-state index contributed by atoms with van der Waals surface area (Å²) in [5.41, 5.74) is 1.64. The van der Waals surface area contributed by atoms with Gasteiger partial charge >= 0.3 is 0 Å². The number of aryl methyl sites for hydroxylation is 1. The Hall–Kier alpha value is -2.89. The van der Waals surface area contributed by atoms with Crippen molar-refractivity contribution < 1.29 is 18.7 Å². The van der Waals surface area contributed by atoms with Crippen LogP contribution in [0.2, 0.25) is 0 Å². The Bertz CT molecular complexity index is 820. The van der Waals surface area contributed by atoms with Gasteiger partial charge in [0, 0.05) is 24.3 Å². The maximum Gasteiger partial charge on any atom is 0.229 e. The Morgan fingerprint density at radius 3 is 2.65 bits per heavy atom. The van der Waals surface area contributed by atoms with Crippen molar-refractivity contribution in [1.29, 1.82) is 0 Å². The van der Waals surface area contributed by atoms with Gasteiger partial charge in [-0.2, -0.15) is 0 Å². The average Bonchev–Trinajstić information content (AvgIpc) is 3.01. The predicted molar refractivity (Wildman–Crippen MR) is 97.8 cm³/mol. The molecule has 2 aromatic rings. The third-order valence-electron chi connectivity index (χ3n) is 4.39. The smallest absolute Gasteiger partial charge is 0.229 e. The monoisotopic (exact) mass is 356 g/mol. The number of anilines is 2. The van der Waals surface area contributed by atoms with Gasteiger partial charge in [0.2, 0.25) is 11.8 Å². The quantitative estimate of drug-likeness (QED) is 0.892. The first-order chi connectivity index (χ1) is 12.5. The van der Waals surface area contributed by atoms with Crippen molar-refractivity contribution in [3.8, 4) is 5.75 Å². The summed E-state index contributed by atoms with van der Waals surface area (Å²) in [5, 5.41) is 2.69. The maximum atomic E-state index is 13.6. The van der Waals surface area contributed by atoms with Crippen LogP contribution in [0.15, 0.2) is 42.5 Å². The van der Waals surface area contributed by atoms with E-state index < -0.39 is 5.92 Å². The van der Waals surface area contributed by atoms with E-state index in [9.17, 15) is 14.0 Å². The van der Waals surface area contributed by atoms with E-state index in [1.54, 1.807) is 48.2 Å². The summed E-state index contributed by atoms with van der Waals surface area (Å²) < 4.78 is 19.0. The third-order valence-corrected chi connectivity index (χ3v) is 4.39. The Balaban J connectivity index is 1.66. The lowest BCUT2D eigenvalue weighted by Crippen LogP contribution is -2.28. The molecule has 0 saturated carbocycles. The molecule has 1 aliphatic heterocycles. The first-order valence-corrected chi connectivity index (χ1v) is 8.58. The van der Waals surface area contributed by atoms with E-state index in [0.29, 0.717) is 24.4 Å². The van der Waals surface area contributed by atoms with E-state index >= 15 is 0 Å². The van der Waals surface area contributed by atoms with Gasteiger partial charge in [0.1, 0.15) is 11.6 Å². The minimum Gasteiger partial charge on any atom is -0.494 e. The normalized spacial score (nSPS) is 16.7. The third kappa shape index (κ3) is 3.85. The van der Waals surface area contributed by atoms with Gasteiger partial charge in [0.15, 0.2) is 0 Å². The van der Waals surface area contributed by atoms with Crippen LogP contribution in [0.5, 0.6) is 5.75 Å². The molecule has 136 valence electrons. The minimum absolute atomic E-state index is 0.107. The lowest BCUT2D eigenvalue weighted by molar-refractivity contribution is -0.122. The molecule has 6 heteroatoms. The minimum atomic E-state index is -0.474. The van der Waals surface area contributed by atoms with Crippen molar-refractivity contribution in [2.75, 3.05) is 23.4 Å². The SMILES string of the molecule is CCOc1ccc(N2CC(C(=O)Nc3ccc(C)c(F)c3)CC2=O)cc1. The molecule has 1 heterocycles. The second kappa shape index (κ2) is 7.56. The molecule has 2 aromatic carbocycles. The summed E-state index contributed by atoms with van der Waals surface area (Å²) in [6, 6.07) is 11.8. The number of hydrogen-bond acceptors (Lipinski definition) is 3. The van der Waals surface area contributed by atoms with Gasteiger partial charge in [-0.3, -0.25) is 9.59 Å². The fraction of sp³-hybridized carbons (Fsp3) is 0.300. The molecule has 0 spiro atoms. The highest BCUT2D eigenvalue weighted by molar-refractivity contribution is 6.03. The topological polar surface area (TPSA) is 58.6 Å². The summed E-state index contributed by atoms with van der Waals surface area (Å²) >= 11 is 0. The molecule has 5 nitrogen and oxygen atoms in total. The lowest BCUT2D eigenvalue weighted by Gasteiger charge is -2.17. The van der Waals surface area contributed by atoms with Gasteiger partial charge in [0.05, 0.1) is 12.5 Å². The second-order valence-electron chi connectivity index (χ2n) is 6.29. The molecule has 1 aliphatic rings. The number of rotatable bonds is 5. The number of carbonyl (C=O) groups excluding carboxylic acids is 2. The van der Waals surface area contributed by atoms with E-state index in [-0.39, 0.29) is 24.1 Å². The van der Waals surface area contributed by atoms with Crippen molar-refractivity contribution in [1.82, 2.24) is 0 Å². The maximum absolute atomic E-state index is 13.6. The second-order valence-corrected chi connectivity index (χ2v) is 6.29. The molecule has 1 fully saturated rings. The molecule has 1 atom stereocenters. The zero-order valence-electron chi connectivity index (χ0n) is 14.8. The van der Waals surface area contributed by atoms with Crippen LogP contribution in [0.25, 0.3) is 0 Å². The molecular weight excluding hydrogens is 335 g/mol. The van der Waals surface area contributed by atoms with Crippen LogP contribution in [0.1, 0.15) is 18.9 Å². The Morgan fingerprint density at radius 2 is 2.00 bits per heavy atom. The number of nitrogens with one attached hydrogen (secondary N) is 1. The average molecular weight is 356 g/mol. The molecule has 26 heavy (non-hydrogen) atoms. The number of benzene rings is 2. The molecular formula is C20H21FN2O3. The van der Waals surface area contributed by atoms with Crippen molar-refractivity contribution in [2.45, 2.75) is 20.3 Å². The molecule has 0 bridgehead atoms. The molecule has 1 saturated heterocycles. The van der Waals surface area contributed by atoms with Crippen LogP contribution < -0.4 is 15.0 Å². The van der Waals surface area contributed by atoms with E-state index in [4.69, 9.17) is 4.74 Å². The van der Waals surface area contributed by atoms with Crippen molar-refractivity contribution in [3.05, 3.63) is 53.8 Å². The fourth-order valence-electron chi connectivity index (χ4n) is 2.94. The Kier molecular flexibility index (Phi) is 5.21. The number of carbonyl (C=O) groups is 2. The number of amides is 2. The molecule has 3 rings (SSSR count). The Labute approximate surface area is 151 Å². The molecule has 2 amide bonds. The van der Waals surface area contributed by atoms with Crippen molar-refractivity contribution >= 4 is 23.2 Å². The van der Waals surface area contributed by atoms with E-state index in [2.05, 4.69) is 5.32 Å². The highest BCUT2D eigenvalue weighted by atomic mass is 19.1. The van der Waals surface area contributed by atoms with E-state index in [1.165, 1.54) is 6.07 Å². The van der Waals surface area contributed by atoms with Crippen LogP contribution in [-0.2, 0) is 9.59 Å². The summed E-state index contributed by atoms with van der Waals surface area (Å²) in [4.78, 5) is 26.3. The van der Waals surface area contributed by atoms with Gasteiger partial charge in [-0.1, -0.05) is 6.07 Å². The van der Waals surface area contributed by atoms with E-state index in [0.717, 1.165) is 11.4 Å². The van der Waals surface area contributed by atoms with Gasteiger partial charge in [-0.15, -0.1) is 0 Å². The van der Waals surface area contributed by atoms with Crippen molar-refractivity contribution in [3.63, 3.8) is 0 Å². The Morgan fingerprint density at radius 1 is 1.27 bits per heavy atom. The highest BCUT2D eigenvalue weighted by Crippen LogP contribution is 2.27. The summed E-state index contributed by atoms with van der Waals surface area (Å²) in [7, 11) is 0. The number of nitrogens with zero attached hydrogens (tertiary/aromatic N) is 1. The molecule has 0 aromatic heterocycles. The summed E-state index contributed by atoms with van der Waals surface area (Å²) in [6.45, 7) is 4.43. The van der Waals surface area contributed by atoms with Gasteiger partial charge in [-0.25, -0.2) is 4.39 Å². The van der Waals surface area contributed by atoms with Gasteiger partial charge in [-0.05, 0) is 55.8 Å². The standard InChI is InChI=1S/C20H21FN2O3/c1-3-26-17-8-6-16(7-9-17)23-12-14(10-19(23)24)20(25)22-15-5-4-13(2)18(21)11-15/h4-9,11,14H,3,10,12H2,1-2H3,(H,22,25). The van der Waals surface area contributed by atoms with Gasteiger partial charge < -0.3 is 15.0 Å².